The normalized spacial score (nSPS) is 20.3. The summed E-state index contributed by atoms with van der Waals surface area (Å²) in [5, 5.41) is 8.25. The number of carbonyl (C=O) groups excluding carboxylic acids is 1. The summed E-state index contributed by atoms with van der Waals surface area (Å²) in [6.07, 6.45) is 2.42. The lowest BCUT2D eigenvalue weighted by Crippen LogP contribution is -2.50. The van der Waals surface area contributed by atoms with E-state index in [-0.39, 0.29) is 18.0 Å². The first kappa shape index (κ1) is 21.1. The Morgan fingerprint density at radius 3 is 2.90 bits per heavy atom. The Morgan fingerprint density at radius 2 is 2.20 bits per heavy atom. The highest BCUT2D eigenvalue weighted by Crippen LogP contribution is 2.39. The van der Waals surface area contributed by atoms with Crippen molar-refractivity contribution in [1.82, 2.24) is 15.4 Å². The molecule has 1 aromatic heterocycles. The largest absolute Gasteiger partial charge is 0.493 e. The van der Waals surface area contributed by atoms with Crippen LogP contribution in [0.25, 0.3) is 11.0 Å². The van der Waals surface area contributed by atoms with Crippen molar-refractivity contribution in [1.29, 1.82) is 0 Å². The number of methoxy groups -OCH3 is 1. The van der Waals surface area contributed by atoms with Gasteiger partial charge in [0, 0.05) is 39.3 Å². The number of carbonyl (C=O) groups is 1. The van der Waals surface area contributed by atoms with Crippen molar-refractivity contribution in [3.05, 3.63) is 23.4 Å². The monoisotopic (exact) mass is 417 g/mol. The first-order valence-corrected chi connectivity index (χ1v) is 10.8. The molecule has 8 nitrogen and oxygen atoms in total. The molecule has 1 saturated heterocycles. The van der Waals surface area contributed by atoms with Crippen LogP contribution in [-0.4, -0.2) is 68.1 Å². The fourth-order valence-electron chi connectivity index (χ4n) is 4.03. The second-order valence-electron chi connectivity index (χ2n) is 8.07. The van der Waals surface area contributed by atoms with Gasteiger partial charge in [-0.1, -0.05) is 5.16 Å². The van der Waals surface area contributed by atoms with Gasteiger partial charge in [-0.25, -0.2) is 0 Å². The van der Waals surface area contributed by atoms with Crippen LogP contribution in [0.5, 0.6) is 5.75 Å². The summed E-state index contributed by atoms with van der Waals surface area (Å²) >= 11 is 0. The number of benzene rings is 1. The molecule has 2 atom stereocenters. The molecule has 4 rings (SSSR count). The average molecular weight is 418 g/mol. The summed E-state index contributed by atoms with van der Waals surface area (Å²) in [6.45, 7) is 7.05. The van der Waals surface area contributed by atoms with Crippen molar-refractivity contribution in [3.63, 3.8) is 0 Å². The van der Waals surface area contributed by atoms with Crippen LogP contribution in [0.1, 0.15) is 43.5 Å². The zero-order valence-electron chi connectivity index (χ0n) is 18.0. The Balaban J connectivity index is 1.60. The molecule has 0 spiro atoms. The van der Waals surface area contributed by atoms with Gasteiger partial charge in [0.15, 0.2) is 5.58 Å². The van der Waals surface area contributed by atoms with E-state index in [0.717, 1.165) is 48.2 Å². The molecule has 164 valence electrons. The van der Waals surface area contributed by atoms with E-state index in [1.54, 1.807) is 7.11 Å². The summed E-state index contributed by atoms with van der Waals surface area (Å²) in [5.41, 5.74) is 2.45. The molecule has 1 amide bonds. The SMILES string of the molecule is COCCCOc1cc([C@H](C)N(C(=O)[C@H]2CNCCO2)C2CC2)cc2onc(C)c12. The molecule has 0 radical (unpaired) electrons. The predicted molar refractivity (Wildman–Crippen MR) is 112 cm³/mol. The van der Waals surface area contributed by atoms with Crippen LogP contribution in [0.2, 0.25) is 0 Å². The maximum Gasteiger partial charge on any atom is 0.253 e. The summed E-state index contributed by atoms with van der Waals surface area (Å²) in [7, 11) is 1.68. The number of aromatic nitrogens is 1. The molecule has 1 N–H and O–H groups in total. The van der Waals surface area contributed by atoms with E-state index in [1.165, 1.54) is 0 Å². The molecular formula is C22H31N3O5. The highest BCUT2D eigenvalue weighted by molar-refractivity contribution is 5.87. The highest BCUT2D eigenvalue weighted by atomic mass is 16.5. The van der Waals surface area contributed by atoms with Crippen molar-refractivity contribution in [2.75, 3.05) is 40.0 Å². The van der Waals surface area contributed by atoms with Crippen LogP contribution in [0.15, 0.2) is 16.7 Å². The predicted octanol–water partition coefficient (Wildman–Crippen LogP) is 2.59. The molecule has 2 fully saturated rings. The number of nitrogens with zero attached hydrogens (tertiary/aromatic N) is 2. The fourth-order valence-corrected chi connectivity index (χ4v) is 4.03. The third-order valence-electron chi connectivity index (χ3n) is 5.78. The second-order valence-corrected chi connectivity index (χ2v) is 8.07. The standard InChI is InChI=1S/C22H31N3O5/c1-14-21-18(28-9-4-8-27-3)11-16(12-19(21)30-24-14)15(2)25(17-5-6-17)22(26)20-13-23-7-10-29-20/h11-12,15,17,20,23H,4-10,13H2,1-3H3/t15-,20+/m0/s1. The topological polar surface area (TPSA) is 86.1 Å². The van der Waals surface area contributed by atoms with Gasteiger partial charge in [-0.15, -0.1) is 0 Å². The Hall–Kier alpha value is -2.16. The van der Waals surface area contributed by atoms with Gasteiger partial charge in [0.2, 0.25) is 0 Å². The quantitative estimate of drug-likeness (QED) is 0.628. The van der Waals surface area contributed by atoms with E-state index in [2.05, 4.69) is 17.4 Å². The highest BCUT2D eigenvalue weighted by Gasteiger charge is 2.40. The molecule has 1 aromatic carbocycles. The van der Waals surface area contributed by atoms with Gasteiger partial charge in [-0.05, 0) is 44.4 Å². The number of ether oxygens (including phenoxy) is 3. The average Bonchev–Trinajstić information content (AvgIpc) is 3.53. The van der Waals surface area contributed by atoms with E-state index >= 15 is 0 Å². The first-order valence-electron chi connectivity index (χ1n) is 10.8. The van der Waals surface area contributed by atoms with Gasteiger partial charge in [-0.3, -0.25) is 4.79 Å². The number of fused-ring (bicyclic) bond motifs is 1. The number of amides is 1. The second kappa shape index (κ2) is 9.32. The van der Waals surface area contributed by atoms with E-state index < -0.39 is 6.10 Å². The van der Waals surface area contributed by atoms with Gasteiger partial charge in [0.1, 0.15) is 11.9 Å². The summed E-state index contributed by atoms with van der Waals surface area (Å²) in [4.78, 5) is 15.3. The Bertz CT molecular complexity index is 873. The van der Waals surface area contributed by atoms with Crippen molar-refractivity contribution >= 4 is 16.9 Å². The molecule has 0 unspecified atom stereocenters. The molecule has 2 aromatic rings. The summed E-state index contributed by atoms with van der Waals surface area (Å²) in [5.74, 6) is 0.789. The summed E-state index contributed by atoms with van der Waals surface area (Å²) < 4.78 is 22.5. The van der Waals surface area contributed by atoms with E-state index in [0.29, 0.717) is 31.9 Å². The number of rotatable bonds is 9. The molecule has 30 heavy (non-hydrogen) atoms. The number of nitrogens with one attached hydrogen (secondary N) is 1. The molecule has 8 heteroatoms. The zero-order chi connectivity index (χ0) is 21.1. The molecular weight excluding hydrogens is 386 g/mol. The van der Waals surface area contributed by atoms with E-state index in [1.807, 2.05) is 24.0 Å². The first-order chi connectivity index (χ1) is 14.6. The van der Waals surface area contributed by atoms with Crippen molar-refractivity contribution in [2.24, 2.45) is 0 Å². The van der Waals surface area contributed by atoms with Gasteiger partial charge in [-0.2, -0.15) is 0 Å². The Morgan fingerprint density at radius 1 is 1.37 bits per heavy atom. The minimum atomic E-state index is -0.428. The summed E-state index contributed by atoms with van der Waals surface area (Å²) in [6, 6.07) is 4.14. The molecule has 1 aliphatic carbocycles. The maximum atomic E-state index is 13.3. The van der Waals surface area contributed by atoms with E-state index in [4.69, 9.17) is 18.7 Å². The molecule has 1 aliphatic heterocycles. The zero-order valence-corrected chi connectivity index (χ0v) is 18.0. The lowest BCUT2D eigenvalue weighted by atomic mass is 10.0. The van der Waals surface area contributed by atoms with Crippen LogP contribution < -0.4 is 10.1 Å². The van der Waals surface area contributed by atoms with Crippen LogP contribution in [0, 0.1) is 6.92 Å². The van der Waals surface area contributed by atoms with Gasteiger partial charge in [0.05, 0.1) is 30.3 Å². The van der Waals surface area contributed by atoms with Crippen LogP contribution >= 0.6 is 0 Å². The maximum absolute atomic E-state index is 13.3. The molecule has 0 bridgehead atoms. The number of morpholine rings is 1. The van der Waals surface area contributed by atoms with Crippen LogP contribution in [-0.2, 0) is 14.3 Å². The number of aryl methyl sites for hydroxylation is 1. The fraction of sp³-hybridized carbons (Fsp3) is 0.636. The lowest BCUT2D eigenvalue weighted by Gasteiger charge is -2.34. The molecule has 2 heterocycles. The minimum Gasteiger partial charge on any atom is -0.493 e. The smallest absolute Gasteiger partial charge is 0.253 e. The van der Waals surface area contributed by atoms with Crippen molar-refractivity contribution < 1.29 is 23.5 Å². The van der Waals surface area contributed by atoms with Gasteiger partial charge in [0.25, 0.3) is 5.91 Å². The van der Waals surface area contributed by atoms with Gasteiger partial charge < -0.3 is 29.0 Å². The van der Waals surface area contributed by atoms with Crippen LogP contribution in [0.3, 0.4) is 0 Å². The number of hydrogen-bond acceptors (Lipinski definition) is 7. The molecule has 1 saturated carbocycles. The molecule has 2 aliphatic rings. The third kappa shape index (κ3) is 4.45. The van der Waals surface area contributed by atoms with Crippen molar-refractivity contribution in [2.45, 2.75) is 51.3 Å². The minimum absolute atomic E-state index is 0.0496. The van der Waals surface area contributed by atoms with Crippen LogP contribution in [0.4, 0.5) is 0 Å². The Kier molecular flexibility index (Phi) is 6.55. The third-order valence-corrected chi connectivity index (χ3v) is 5.78. The van der Waals surface area contributed by atoms with Gasteiger partial charge >= 0.3 is 0 Å². The van der Waals surface area contributed by atoms with Crippen molar-refractivity contribution in [3.8, 4) is 5.75 Å². The van der Waals surface area contributed by atoms with E-state index in [9.17, 15) is 4.79 Å². The lowest BCUT2D eigenvalue weighted by molar-refractivity contribution is -0.148. The Labute approximate surface area is 176 Å². The number of hydrogen-bond donors (Lipinski definition) is 1.